The topological polar surface area (TPSA) is 66.6 Å². The Labute approximate surface area is 170 Å². The van der Waals surface area contributed by atoms with Crippen LogP contribution in [0.4, 0.5) is 4.79 Å². The first-order valence-electron chi connectivity index (χ1n) is 6.26. The summed E-state index contributed by atoms with van der Waals surface area (Å²) in [6.07, 6.45) is 0. The predicted molar refractivity (Wildman–Crippen MR) is 82.1 cm³/mol. The molecule has 2 aromatic carbocycles. The van der Waals surface area contributed by atoms with Crippen LogP contribution in [0.1, 0.15) is 20.0 Å². The second kappa shape index (κ2) is 6.74. The third kappa shape index (κ3) is 3.17. The summed E-state index contributed by atoms with van der Waals surface area (Å²) in [6.45, 7) is 1.74. The van der Waals surface area contributed by atoms with Gasteiger partial charge in [-0.15, -0.1) is 11.3 Å². The second-order valence-corrected chi connectivity index (χ2v) is 5.80. The fraction of sp³-hybridized carbons (Fsp3) is 0.133. The van der Waals surface area contributed by atoms with Gasteiger partial charge >= 0.3 is 57.4 Å². The van der Waals surface area contributed by atoms with Gasteiger partial charge in [-0.3, -0.25) is 5.21 Å². The number of urea groups is 1. The van der Waals surface area contributed by atoms with Crippen LogP contribution in [0.5, 0.6) is 0 Å². The van der Waals surface area contributed by atoms with E-state index in [-0.39, 0.29) is 52.8 Å². The van der Waals surface area contributed by atoms with Gasteiger partial charge < -0.3 is 7.16 Å². The van der Waals surface area contributed by atoms with E-state index in [1.807, 2.05) is 30.3 Å². The zero-order valence-corrected chi connectivity index (χ0v) is 15.8. The summed E-state index contributed by atoms with van der Waals surface area (Å²) in [4.78, 5) is 11.0. The maximum absolute atomic E-state index is 11.0. The Morgan fingerprint density at radius 2 is 1.90 bits per heavy atom. The van der Waals surface area contributed by atoms with Gasteiger partial charge in [0.25, 0.3) is 0 Å². The van der Waals surface area contributed by atoms with Gasteiger partial charge in [-0.05, 0) is 24.6 Å². The maximum Gasteiger partial charge on any atom is 1.00 e. The predicted octanol–water partition coefficient (Wildman–Crippen LogP) is 1.00. The molecule has 3 N–H and O–H groups in total. The summed E-state index contributed by atoms with van der Waals surface area (Å²) in [7, 11) is 0. The average molecular weight is 326 g/mol. The van der Waals surface area contributed by atoms with Gasteiger partial charge in [0.2, 0.25) is 0 Å². The molecule has 1 heterocycles. The van der Waals surface area contributed by atoms with Crippen LogP contribution in [0.25, 0.3) is 20.2 Å². The number of fused-ring (bicyclic) bond motifs is 3. The number of nitrogens with zero attached hydrogens (tertiary/aromatic N) is 1. The number of carbonyl (C=O) groups is 1. The summed E-state index contributed by atoms with van der Waals surface area (Å²) >= 11 is 1.70. The molecule has 0 radical (unpaired) electrons. The number of primary amides is 1. The summed E-state index contributed by atoms with van der Waals surface area (Å²) in [5, 5.41) is 12.6. The number of hydroxylamine groups is 2. The van der Waals surface area contributed by atoms with Gasteiger partial charge in [-0.1, -0.05) is 30.3 Å². The van der Waals surface area contributed by atoms with Crippen LogP contribution in [0.3, 0.4) is 0 Å². The number of benzene rings is 2. The summed E-state index contributed by atoms with van der Waals surface area (Å²) in [5.74, 6) is 0. The first-order valence-corrected chi connectivity index (χ1v) is 7.08. The molecular weight excluding hydrogens is 311 g/mol. The SMILES string of the molecule is CC(c1ccc2c(c1)sc1ccccc12)N(O)C(N)=O.[H-].[K+]. The van der Waals surface area contributed by atoms with Gasteiger partial charge in [-0.2, -0.15) is 5.06 Å². The van der Waals surface area contributed by atoms with E-state index < -0.39 is 12.1 Å². The van der Waals surface area contributed by atoms with Gasteiger partial charge in [0, 0.05) is 20.2 Å². The number of hydrogen-bond acceptors (Lipinski definition) is 3. The minimum atomic E-state index is -0.853. The van der Waals surface area contributed by atoms with Crippen LogP contribution in [0.15, 0.2) is 42.5 Å². The monoisotopic (exact) mass is 326 g/mol. The van der Waals surface area contributed by atoms with Crippen LogP contribution >= 0.6 is 11.3 Å². The van der Waals surface area contributed by atoms with E-state index in [2.05, 4.69) is 12.1 Å². The molecule has 4 nitrogen and oxygen atoms in total. The molecule has 0 fully saturated rings. The first-order chi connectivity index (χ1) is 9.58. The fourth-order valence-corrected chi connectivity index (χ4v) is 3.49. The van der Waals surface area contributed by atoms with E-state index in [0.717, 1.165) is 10.3 Å². The summed E-state index contributed by atoms with van der Waals surface area (Å²) in [6, 6.07) is 12.8. The standard InChI is InChI=1S/C15H14N2O2S.K.H/c1-9(17(19)15(16)18)10-6-7-12-11-4-2-3-5-13(11)20-14(12)8-10;;/h2-9,19H,1H3,(H2,16,18);;/q;+1;-1. The number of hydrogen-bond donors (Lipinski definition) is 2. The van der Waals surface area contributed by atoms with Crippen LogP contribution in [0.2, 0.25) is 0 Å². The molecule has 21 heavy (non-hydrogen) atoms. The molecule has 0 spiro atoms. The largest absolute Gasteiger partial charge is 1.00 e. The number of thiophene rings is 1. The van der Waals surface area contributed by atoms with Crippen molar-refractivity contribution in [3.05, 3.63) is 48.0 Å². The van der Waals surface area contributed by atoms with E-state index in [4.69, 9.17) is 5.73 Å². The van der Waals surface area contributed by atoms with Crippen LogP contribution in [-0.4, -0.2) is 16.3 Å². The number of nitrogens with two attached hydrogens (primary N) is 1. The molecule has 0 aliphatic carbocycles. The molecule has 3 rings (SSSR count). The number of carbonyl (C=O) groups excluding carboxylic acids is 1. The quantitative estimate of drug-likeness (QED) is 0.419. The smallest absolute Gasteiger partial charge is 1.00 e. The molecule has 0 saturated carbocycles. The summed E-state index contributed by atoms with van der Waals surface area (Å²) < 4.78 is 2.36. The van der Waals surface area contributed by atoms with Crippen molar-refractivity contribution in [1.82, 2.24) is 5.06 Å². The van der Waals surface area contributed by atoms with Crippen LogP contribution in [0, 0.1) is 0 Å². The van der Waals surface area contributed by atoms with Crippen molar-refractivity contribution in [2.75, 3.05) is 0 Å². The van der Waals surface area contributed by atoms with Crippen LogP contribution < -0.4 is 57.1 Å². The molecule has 1 unspecified atom stereocenters. The zero-order chi connectivity index (χ0) is 14.3. The van der Waals surface area contributed by atoms with Crippen molar-refractivity contribution in [3.63, 3.8) is 0 Å². The maximum atomic E-state index is 11.0. The molecule has 0 saturated heterocycles. The normalized spacial score (nSPS) is 12.1. The molecule has 6 heteroatoms. The van der Waals surface area contributed by atoms with E-state index >= 15 is 0 Å². The molecule has 104 valence electrons. The minimum Gasteiger partial charge on any atom is -1.00 e. The molecule has 0 bridgehead atoms. The van der Waals surface area contributed by atoms with Gasteiger partial charge in [-0.25, -0.2) is 4.79 Å². The molecular formula is C15H15KN2O2S. The van der Waals surface area contributed by atoms with E-state index in [1.165, 1.54) is 15.5 Å². The molecule has 3 aromatic rings. The third-order valence-electron chi connectivity index (χ3n) is 3.48. The average Bonchev–Trinajstić information content (AvgIpc) is 2.83. The third-order valence-corrected chi connectivity index (χ3v) is 4.61. The Hall–Kier alpha value is -0.474. The Morgan fingerprint density at radius 3 is 2.62 bits per heavy atom. The van der Waals surface area contributed by atoms with Crippen molar-refractivity contribution in [3.8, 4) is 0 Å². The van der Waals surface area contributed by atoms with Gasteiger partial charge in [0.15, 0.2) is 0 Å². The Balaban J connectivity index is 0.00000121. The fourth-order valence-electron chi connectivity index (χ4n) is 2.33. The van der Waals surface area contributed by atoms with Gasteiger partial charge in [0.1, 0.15) is 0 Å². The van der Waals surface area contributed by atoms with E-state index in [9.17, 15) is 10.0 Å². The zero-order valence-electron chi connectivity index (χ0n) is 12.9. The Kier molecular flexibility index (Phi) is 5.42. The Morgan fingerprint density at radius 1 is 1.24 bits per heavy atom. The molecule has 1 aromatic heterocycles. The molecule has 1 atom stereocenters. The van der Waals surface area contributed by atoms with E-state index in [0.29, 0.717) is 5.06 Å². The minimum absolute atomic E-state index is 0. The van der Waals surface area contributed by atoms with Crippen molar-refractivity contribution >= 4 is 37.5 Å². The molecule has 2 amide bonds. The van der Waals surface area contributed by atoms with Crippen molar-refractivity contribution in [2.45, 2.75) is 13.0 Å². The second-order valence-electron chi connectivity index (χ2n) is 4.71. The number of rotatable bonds is 2. The van der Waals surface area contributed by atoms with E-state index in [1.54, 1.807) is 18.3 Å². The van der Waals surface area contributed by atoms with Crippen molar-refractivity contribution in [1.29, 1.82) is 0 Å². The van der Waals surface area contributed by atoms with Crippen molar-refractivity contribution in [2.24, 2.45) is 5.73 Å². The first kappa shape index (κ1) is 16.9. The Bertz CT molecular complexity index is 808. The molecule has 0 aliphatic heterocycles. The molecule has 0 aliphatic rings. The number of amides is 2. The van der Waals surface area contributed by atoms with Crippen molar-refractivity contribution < 1.29 is 62.8 Å². The summed E-state index contributed by atoms with van der Waals surface area (Å²) in [5.41, 5.74) is 5.94. The van der Waals surface area contributed by atoms with Crippen LogP contribution in [-0.2, 0) is 0 Å². The van der Waals surface area contributed by atoms with Gasteiger partial charge in [0.05, 0.1) is 6.04 Å².